The fourth-order valence-corrected chi connectivity index (χ4v) is 6.63. The minimum atomic E-state index is -0.351. The van der Waals surface area contributed by atoms with Crippen molar-refractivity contribution >= 4 is 34.5 Å². The number of fused-ring (bicyclic) bond motifs is 1. The monoisotopic (exact) mass is 756 g/mol. The highest BCUT2D eigenvalue weighted by molar-refractivity contribution is 7.99. The predicted molar refractivity (Wildman–Crippen MR) is 207 cm³/mol. The molecule has 12 heteroatoms. The van der Waals surface area contributed by atoms with Gasteiger partial charge in [-0.2, -0.15) is 5.26 Å². The number of carbonyl (C=O) groups excluding carboxylic acids is 2. The SMILES string of the molecule is COc1ccc(F)cc1CN(C)C(=O)CCCSc1ccc(CO)cc1.COc1ccc(F)cc1CN(C)C(=O)CCCn1ccc2cc(C#N)ccc21. The number of aliphatic hydroxyl groups excluding tert-OH is 1. The molecule has 0 radical (unpaired) electrons. The Labute approximate surface area is 319 Å². The van der Waals surface area contributed by atoms with Crippen molar-refractivity contribution in [1.82, 2.24) is 14.4 Å². The lowest BCUT2D eigenvalue weighted by Gasteiger charge is -2.19. The van der Waals surface area contributed by atoms with E-state index < -0.39 is 0 Å². The zero-order chi connectivity index (χ0) is 39.0. The Balaban J connectivity index is 0.000000241. The molecule has 0 aliphatic rings. The molecule has 0 fully saturated rings. The van der Waals surface area contributed by atoms with E-state index in [0.717, 1.165) is 33.5 Å². The van der Waals surface area contributed by atoms with Gasteiger partial charge in [0.15, 0.2) is 0 Å². The van der Waals surface area contributed by atoms with Crippen LogP contribution >= 0.6 is 11.8 Å². The molecule has 284 valence electrons. The number of rotatable bonds is 16. The first-order chi connectivity index (χ1) is 26.0. The quantitative estimate of drug-likeness (QED) is 0.0805. The molecule has 0 aliphatic heterocycles. The standard InChI is InChI=1S/C22H22FN3O2.C20H24FNO3S/c1-25(15-18-13-19(23)6-8-21(18)28-2)22(27)4-3-10-26-11-9-17-12-16(14-24)5-7-20(17)26;1-22(13-16-12-17(21)7-10-19(16)25-2)20(24)4-3-11-26-18-8-5-15(14-23)6-9-18/h5-9,11-13H,3-4,10,15H2,1-2H3;5-10,12,23H,3-4,11,13-14H2,1-2H3. The van der Waals surface area contributed by atoms with Gasteiger partial charge in [0.1, 0.15) is 23.1 Å². The molecule has 0 aliphatic carbocycles. The number of methoxy groups -OCH3 is 2. The zero-order valence-electron chi connectivity index (χ0n) is 31.1. The summed E-state index contributed by atoms with van der Waals surface area (Å²) >= 11 is 1.68. The van der Waals surface area contributed by atoms with Crippen molar-refractivity contribution < 1.29 is 33.0 Å². The highest BCUT2D eigenvalue weighted by Gasteiger charge is 2.15. The van der Waals surface area contributed by atoms with Crippen molar-refractivity contribution in [2.24, 2.45) is 0 Å². The van der Waals surface area contributed by atoms with Crippen molar-refractivity contribution in [2.45, 2.75) is 56.8 Å². The molecule has 4 aromatic carbocycles. The Bertz CT molecular complexity index is 2050. The molecule has 54 heavy (non-hydrogen) atoms. The van der Waals surface area contributed by atoms with Gasteiger partial charge in [-0.1, -0.05) is 12.1 Å². The molecule has 0 spiro atoms. The Morgan fingerprint density at radius 3 is 1.91 bits per heavy atom. The van der Waals surface area contributed by atoms with Crippen LogP contribution in [0.25, 0.3) is 10.9 Å². The zero-order valence-corrected chi connectivity index (χ0v) is 31.9. The molecule has 0 saturated heterocycles. The van der Waals surface area contributed by atoms with Gasteiger partial charge in [0, 0.05) is 79.7 Å². The normalized spacial score (nSPS) is 10.6. The number of ether oxygens (including phenoxy) is 2. The van der Waals surface area contributed by atoms with E-state index in [-0.39, 0.29) is 30.1 Å². The fraction of sp³-hybridized carbons (Fsp3) is 0.310. The second kappa shape index (κ2) is 20.8. The molecule has 5 rings (SSSR count). The lowest BCUT2D eigenvalue weighted by molar-refractivity contribution is -0.131. The summed E-state index contributed by atoms with van der Waals surface area (Å²) in [7, 11) is 6.48. The molecule has 1 aromatic heterocycles. The highest BCUT2D eigenvalue weighted by atomic mass is 32.2. The first kappa shape index (κ1) is 41.4. The first-order valence-corrected chi connectivity index (χ1v) is 18.5. The highest BCUT2D eigenvalue weighted by Crippen LogP contribution is 2.24. The smallest absolute Gasteiger partial charge is 0.222 e. The van der Waals surface area contributed by atoms with Gasteiger partial charge in [0.2, 0.25) is 11.8 Å². The lowest BCUT2D eigenvalue weighted by atomic mass is 10.1. The lowest BCUT2D eigenvalue weighted by Crippen LogP contribution is -2.26. The number of nitriles is 1. The third kappa shape index (κ3) is 12.1. The van der Waals surface area contributed by atoms with Gasteiger partial charge in [0.25, 0.3) is 0 Å². The van der Waals surface area contributed by atoms with Gasteiger partial charge in [-0.15, -0.1) is 11.8 Å². The number of halogens is 2. The van der Waals surface area contributed by atoms with E-state index in [4.69, 9.17) is 19.8 Å². The number of aromatic nitrogens is 1. The maximum Gasteiger partial charge on any atom is 0.222 e. The summed E-state index contributed by atoms with van der Waals surface area (Å²) in [6.45, 7) is 1.36. The largest absolute Gasteiger partial charge is 0.496 e. The maximum absolute atomic E-state index is 13.5. The van der Waals surface area contributed by atoms with Gasteiger partial charge in [-0.05, 0) is 97.0 Å². The molecule has 2 amide bonds. The average molecular weight is 757 g/mol. The molecule has 0 atom stereocenters. The van der Waals surface area contributed by atoms with Gasteiger partial charge in [-0.3, -0.25) is 9.59 Å². The van der Waals surface area contributed by atoms with Crippen LogP contribution in [0.15, 0.2) is 96.0 Å². The molecule has 5 aromatic rings. The molecule has 0 saturated carbocycles. The van der Waals surface area contributed by atoms with Crippen LogP contribution in [0, 0.1) is 23.0 Å². The van der Waals surface area contributed by atoms with Crippen molar-refractivity contribution in [3.05, 3.63) is 125 Å². The van der Waals surface area contributed by atoms with E-state index in [0.29, 0.717) is 67.1 Å². The number of amides is 2. The summed E-state index contributed by atoms with van der Waals surface area (Å²) in [5.41, 5.74) is 3.86. The molecule has 0 unspecified atom stereocenters. The van der Waals surface area contributed by atoms with Crippen molar-refractivity contribution in [3.8, 4) is 17.6 Å². The van der Waals surface area contributed by atoms with Crippen LogP contribution in [0.3, 0.4) is 0 Å². The Morgan fingerprint density at radius 1 is 0.796 bits per heavy atom. The summed E-state index contributed by atoms with van der Waals surface area (Å²) in [5.74, 6) is 1.30. The van der Waals surface area contributed by atoms with Gasteiger partial charge in [-0.25, -0.2) is 8.78 Å². The van der Waals surface area contributed by atoms with Gasteiger partial charge in [0.05, 0.1) is 32.5 Å². The summed E-state index contributed by atoms with van der Waals surface area (Å²) in [4.78, 5) is 29.0. The van der Waals surface area contributed by atoms with Crippen molar-refractivity contribution in [2.75, 3.05) is 34.1 Å². The van der Waals surface area contributed by atoms with E-state index in [9.17, 15) is 18.4 Å². The molecule has 9 nitrogen and oxygen atoms in total. The summed E-state index contributed by atoms with van der Waals surface area (Å²) in [6.07, 6.45) is 4.25. The van der Waals surface area contributed by atoms with Crippen LogP contribution in [0.5, 0.6) is 11.5 Å². The second-order valence-electron chi connectivity index (χ2n) is 12.7. The first-order valence-electron chi connectivity index (χ1n) is 17.5. The minimum Gasteiger partial charge on any atom is -0.496 e. The topological polar surface area (TPSA) is 108 Å². The van der Waals surface area contributed by atoms with Crippen LogP contribution in [0.1, 0.15) is 47.9 Å². The third-order valence-corrected chi connectivity index (χ3v) is 9.85. The third-order valence-electron chi connectivity index (χ3n) is 8.75. The average Bonchev–Trinajstić information content (AvgIpc) is 3.58. The summed E-state index contributed by atoms with van der Waals surface area (Å²) < 4.78 is 39.5. The number of aliphatic hydroxyl groups is 1. The van der Waals surface area contributed by atoms with Crippen molar-refractivity contribution in [1.29, 1.82) is 5.26 Å². The number of nitrogens with zero attached hydrogens (tertiary/aromatic N) is 4. The Morgan fingerprint density at radius 2 is 1.37 bits per heavy atom. The number of aryl methyl sites for hydroxylation is 1. The molecule has 0 bridgehead atoms. The number of carbonyl (C=O) groups is 2. The number of hydrogen-bond acceptors (Lipinski definition) is 7. The van der Waals surface area contributed by atoms with E-state index >= 15 is 0 Å². The summed E-state index contributed by atoms with van der Waals surface area (Å²) in [5, 5.41) is 19.0. The fourth-order valence-electron chi connectivity index (χ4n) is 5.78. The number of benzene rings is 4. The maximum atomic E-state index is 13.5. The van der Waals surface area contributed by atoms with E-state index in [2.05, 4.69) is 10.6 Å². The van der Waals surface area contributed by atoms with Crippen LogP contribution in [0.4, 0.5) is 8.78 Å². The predicted octanol–water partition coefficient (Wildman–Crippen LogP) is 7.96. The Hall–Kier alpha value is -5.38. The van der Waals surface area contributed by atoms with E-state index in [1.165, 1.54) is 38.5 Å². The Kier molecular flexibility index (Phi) is 15.9. The van der Waals surface area contributed by atoms with Crippen molar-refractivity contribution in [3.63, 3.8) is 0 Å². The molecule has 1 heterocycles. The van der Waals surface area contributed by atoms with Gasteiger partial charge < -0.3 is 28.9 Å². The second-order valence-corrected chi connectivity index (χ2v) is 13.8. The minimum absolute atomic E-state index is 0.00505. The van der Waals surface area contributed by atoms with Crippen LogP contribution in [-0.2, 0) is 35.8 Å². The number of hydrogen-bond donors (Lipinski definition) is 1. The van der Waals surface area contributed by atoms with E-state index in [1.54, 1.807) is 53.9 Å². The molecular formula is C42H46F2N4O5S. The van der Waals surface area contributed by atoms with Crippen LogP contribution in [-0.4, -0.2) is 65.4 Å². The molecule has 1 N–H and O–H groups in total. The van der Waals surface area contributed by atoms with Crippen LogP contribution < -0.4 is 9.47 Å². The number of thioether (sulfide) groups is 1. The molecular weight excluding hydrogens is 711 g/mol. The van der Waals surface area contributed by atoms with Crippen LogP contribution in [0.2, 0.25) is 0 Å². The summed E-state index contributed by atoms with van der Waals surface area (Å²) in [6, 6.07) is 26.0. The van der Waals surface area contributed by atoms with E-state index in [1.807, 2.05) is 48.7 Å². The van der Waals surface area contributed by atoms with Gasteiger partial charge >= 0.3 is 0 Å².